The second-order valence-corrected chi connectivity index (χ2v) is 5.85. The summed E-state index contributed by atoms with van der Waals surface area (Å²) in [6.45, 7) is 6.14. The van der Waals surface area contributed by atoms with Crippen molar-refractivity contribution in [1.82, 2.24) is 0 Å². The van der Waals surface area contributed by atoms with E-state index in [0.717, 1.165) is 24.3 Å². The van der Waals surface area contributed by atoms with Gasteiger partial charge in [-0.05, 0) is 55.7 Å². The van der Waals surface area contributed by atoms with Crippen LogP contribution in [-0.4, -0.2) is 24.7 Å². The summed E-state index contributed by atoms with van der Waals surface area (Å²) in [5.74, 6) is 1.15. The van der Waals surface area contributed by atoms with Gasteiger partial charge in [0, 0.05) is 13.1 Å². The maximum atomic E-state index is 11.6. The Morgan fingerprint density at radius 3 is 2.64 bits per heavy atom. The molecule has 1 aliphatic heterocycles. The first-order valence-electron chi connectivity index (χ1n) is 8.53. The summed E-state index contributed by atoms with van der Waals surface area (Å²) in [7, 11) is 0. The Morgan fingerprint density at radius 2 is 1.92 bits per heavy atom. The fourth-order valence-corrected chi connectivity index (χ4v) is 3.22. The minimum Gasteiger partial charge on any atom is -0.494 e. The highest BCUT2D eigenvalue weighted by Crippen LogP contribution is 2.39. The second-order valence-electron chi connectivity index (χ2n) is 5.85. The van der Waals surface area contributed by atoms with Crippen LogP contribution in [0.4, 0.5) is 11.4 Å². The molecule has 6 heteroatoms. The highest BCUT2D eigenvalue weighted by Gasteiger charge is 2.27. The molecule has 0 bridgehead atoms. The van der Waals surface area contributed by atoms with Crippen molar-refractivity contribution in [3.05, 3.63) is 57.6 Å². The minimum atomic E-state index is -0.355. The predicted octanol–water partition coefficient (Wildman–Crippen LogP) is 3.95. The number of rotatable bonds is 6. The van der Waals surface area contributed by atoms with Crippen molar-refractivity contribution in [3.63, 3.8) is 0 Å². The van der Waals surface area contributed by atoms with E-state index in [2.05, 4.69) is 6.07 Å². The highest BCUT2D eigenvalue weighted by molar-refractivity contribution is 5.70. The van der Waals surface area contributed by atoms with Crippen molar-refractivity contribution < 1.29 is 14.4 Å². The molecule has 2 aromatic rings. The number of fused-ring (bicyclic) bond motifs is 1. The van der Waals surface area contributed by atoms with Gasteiger partial charge in [-0.15, -0.1) is 0 Å². The zero-order valence-corrected chi connectivity index (χ0v) is 14.5. The SMILES string of the molecule is CCOc1ccc2c(c1)CN(c1cccc(OCC)c1[N+](=O)[O-])CC2. The maximum absolute atomic E-state index is 11.6. The maximum Gasteiger partial charge on any atom is 0.333 e. The molecular weight excluding hydrogens is 320 g/mol. The van der Waals surface area contributed by atoms with Gasteiger partial charge in [0.1, 0.15) is 11.4 Å². The Hall–Kier alpha value is -2.76. The zero-order valence-electron chi connectivity index (χ0n) is 14.5. The van der Waals surface area contributed by atoms with Gasteiger partial charge in [-0.2, -0.15) is 0 Å². The van der Waals surface area contributed by atoms with E-state index in [1.54, 1.807) is 18.2 Å². The van der Waals surface area contributed by atoms with E-state index in [-0.39, 0.29) is 10.6 Å². The van der Waals surface area contributed by atoms with Crippen LogP contribution in [0.5, 0.6) is 11.5 Å². The normalized spacial score (nSPS) is 13.3. The molecule has 0 saturated heterocycles. The molecule has 0 spiro atoms. The van der Waals surface area contributed by atoms with Crippen LogP contribution in [0.2, 0.25) is 0 Å². The molecule has 3 rings (SSSR count). The van der Waals surface area contributed by atoms with Crippen molar-refractivity contribution in [3.8, 4) is 11.5 Å². The molecule has 2 aromatic carbocycles. The van der Waals surface area contributed by atoms with E-state index in [9.17, 15) is 10.1 Å². The van der Waals surface area contributed by atoms with Crippen molar-refractivity contribution in [2.24, 2.45) is 0 Å². The minimum absolute atomic E-state index is 0.0359. The van der Waals surface area contributed by atoms with Gasteiger partial charge in [-0.3, -0.25) is 10.1 Å². The quantitative estimate of drug-likeness (QED) is 0.587. The van der Waals surface area contributed by atoms with Gasteiger partial charge in [0.2, 0.25) is 0 Å². The number of nitro benzene ring substituents is 1. The smallest absolute Gasteiger partial charge is 0.333 e. The molecule has 0 N–H and O–H groups in total. The number of para-hydroxylation sites is 1. The summed E-state index contributed by atoms with van der Waals surface area (Å²) < 4.78 is 11.0. The predicted molar refractivity (Wildman–Crippen MR) is 96.6 cm³/mol. The number of nitro groups is 1. The molecule has 0 radical (unpaired) electrons. The molecule has 1 aliphatic rings. The van der Waals surface area contributed by atoms with Crippen molar-refractivity contribution in [2.75, 3.05) is 24.7 Å². The molecule has 0 aromatic heterocycles. The van der Waals surface area contributed by atoms with Crippen molar-refractivity contribution >= 4 is 11.4 Å². The monoisotopic (exact) mass is 342 g/mol. The first kappa shape index (κ1) is 17.1. The summed E-state index contributed by atoms with van der Waals surface area (Å²) in [4.78, 5) is 13.3. The first-order valence-corrected chi connectivity index (χ1v) is 8.53. The number of benzene rings is 2. The third-order valence-corrected chi connectivity index (χ3v) is 4.30. The second kappa shape index (κ2) is 7.42. The van der Waals surface area contributed by atoms with Crippen LogP contribution in [0.3, 0.4) is 0 Å². The Bertz CT molecular complexity index is 776. The van der Waals surface area contributed by atoms with Crippen LogP contribution in [0, 0.1) is 10.1 Å². The van der Waals surface area contributed by atoms with Crippen LogP contribution in [0.25, 0.3) is 0 Å². The van der Waals surface area contributed by atoms with Crippen LogP contribution in [0.15, 0.2) is 36.4 Å². The molecule has 132 valence electrons. The zero-order chi connectivity index (χ0) is 17.8. The molecule has 1 heterocycles. The van der Waals surface area contributed by atoms with Gasteiger partial charge >= 0.3 is 5.69 Å². The lowest BCUT2D eigenvalue weighted by atomic mass is 9.98. The van der Waals surface area contributed by atoms with Crippen LogP contribution in [0.1, 0.15) is 25.0 Å². The number of anilines is 1. The number of nitrogens with zero attached hydrogens (tertiary/aromatic N) is 2. The average molecular weight is 342 g/mol. The van der Waals surface area contributed by atoms with Crippen LogP contribution >= 0.6 is 0 Å². The topological polar surface area (TPSA) is 64.8 Å². The van der Waals surface area contributed by atoms with Gasteiger partial charge in [0.05, 0.1) is 18.1 Å². The standard InChI is InChI=1S/C19H22N2O4/c1-3-24-16-9-8-14-10-11-20(13-15(14)12-16)17-6-5-7-18(25-4-2)19(17)21(22)23/h5-9,12H,3-4,10-11,13H2,1-2H3. The van der Waals surface area contributed by atoms with Crippen LogP contribution < -0.4 is 14.4 Å². The van der Waals surface area contributed by atoms with Gasteiger partial charge in [-0.25, -0.2) is 0 Å². The molecule has 0 amide bonds. The Morgan fingerprint density at radius 1 is 1.12 bits per heavy atom. The lowest BCUT2D eigenvalue weighted by molar-refractivity contribution is -0.385. The Balaban J connectivity index is 1.95. The molecule has 0 atom stereocenters. The van der Waals surface area contributed by atoms with Crippen LogP contribution in [-0.2, 0) is 13.0 Å². The molecule has 6 nitrogen and oxygen atoms in total. The Kier molecular flexibility index (Phi) is 5.07. The van der Waals surface area contributed by atoms with Crippen molar-refractivity contribution in [2.45, 2.75) is 26.8 Å². The fourth-order valence-electron chi connectivity index (χ4n) is 3.22. The third-order valence-electron chi connectivity index (χ3n) is 4.30. The third kappa shape index (κ3) is 3.52. The molecule has 0 fully saturated rings. The van der Waals surface area contributed by atoms with E-state index in [1.165, 1.54) is 5.56 Å². The van der Waals surface area contributed by atoms with E-state index in [4.69, 9.17) is 9.47 Å². The Labute approximate surface area is 147 Å². The van der Waals surface area contributed by atoms with Gasteiger partial charge in [-0.1, -0.05) is 12.1 Å². The highest BCUT2D eigenvalue weighted by atomic mass is 16.6. The molecule has 0 unspecified atom stereocenters. The summed E-state index contributed by atoms with van der Waals surface area (Å²) >= 11 is 0. The van der Waals surface area contributed by atoms with Gasteiger partial charge < -0.3 is 14.4 Å². The molecular formula is C19H22N2O4. The molecule has 25 heavy (non-hydrogen) atoms. The summed E-state index contributed by atoms with van der Waals surface area (Å²) in [5, 5.41) is 11.6. The fraction of sp³-hybridized carbons (Fsp3) is 0.368. The molecule has 0 aliphatic carbocycles. The van der Waals surface area contributed by atoms with Gasteiger partial charge in [0.25, 0.3) is 0 Å². The number of hydrogen-bond acceptors (Lipinski definition) is 5. The van der Waals surface area contributed by atoms with E-state index in [0.29, 0.717) is 31.2 Å². The van der Waals surface area contributed by atoms with Crippen molar-refractivity contribution in [1.29, 1.82) is 0 Å². The lowest BCUT2D eigenvalue weighted by Crippen LogP contribution is -2.31. The summed E-state index contributed by atoms with van der Waals surface area (Å²) in [5.41, 5.74) is 3.05. The first-order chi connectivity index (χ1) is 12.1. The number of ether oxygens (including phenoxy) is 2. The largest absolute Gasteiger partial charge is 0.494 e. The van der Waals surface area contributed by atoms with E-state index >= 15 is 0 Å². The lowest BCUT2D eigenvalue weighted by Gasteiger charge is -2.31. The summed E-state index contributed by atoms with van der Waals surface area (Å²) in [6, 6.07) is 11.3. The summed E-state index contributed by atoms with van der Waals surface area (Å²) in [6.07, 6.45) is 0.845. The van der Waals surface area contributed by atoms with E-state index < -0.39 is 0 Å². The average Bonchev–Trinajstić information content (AvgIpc) is 2.61. The van der Waals surface area contributed by atoms with E-state index in [1.807, 2.05) is 30.9 Å². The molecule has 0 saturated carbocycles. The van der Waals surface area contributed by atoms with Gasteiger partial charge in [0.15, 0.2) is 5.75 Å². The number of hydrogen-bond donors (Lipinski definition) is 0.